The van der Waals surface area contributed by atoms with E-state index in [1.54, 1.807) is 30.3 Å². The molecule has 2 aromatic carbocycles. The summed E-state index contributed by atoms with van der Waals surface area (Å²) in [6.45, 7) is 6.67. The van der Waals surface area contributed by atoms with E-state index in [4.69, 9.17) is 11.6 Å². The monoisotopic (exact) mass is 418 g/mol. The van der Waals surface area contributed by atoms with Crippen molar-refractivity contribution in [2.45, 2.75) is 46.2 Å². The highest BCUT2D eigenvalue weighted by Gasteiger charge is 2.29. The molecule has 0 unspecified atom stereocenters. The van der Waals surface area contributed by atoms with Crippen molar-refractivity contribution in [2.75, 3.05) is 6.54 Å². The average molecular weight is 419 g/mol. The summed E-state index contributed by atoms with van der Waals surface area (Å²) in [7, 11) is 0. The Balaban J connectivity index is 2.27. The molecule has 2 rings (SSSR count). The van der Waals surface area contributed by atoms with Crippen LogP contribution in [0.5, 0.6) is 0 Å². The Morgan fingerprint density at radius 2 is 1.76 bits per heavy atom. The molecule has 0 aliphatic carbocycles. The van der Waals surface area contributed by atoms with Crippen LogP contribution in [0.3, 0.4) is 0 Å². The summed E-state index contributed by atoms with van der Waals surface area (Å²) in [6, 6.07) is 12.7. The molecule has 1 atom stereocenters. The molecular formula is C23H28ClFN2O2. The first-order chi connectivity index (χ1) is 13.8. The molecule has 2 amide bonds. The molecule has 2 aromatic rings. The lowest BCUT2D eigenvalue weighted by Gasteiger charge is -2.31. The highest BCUT2D eigenvalue weighted by atomic mass is 35.5. The Bertz CT molecular complexity index is 824. The van der Waals surface area contributed by atoms with Crippen LogP contribution < -0.4 is 5.32 Å². The Kier molecular flexibility index (Phi) is 8.65. The predicted molar refractivity (Wildman–Crippen MR) is 114 cm³/mol. The van der Waals surface area contributed by atoms with Gasteiger partial charge in [0.25, 0.3) is 0 Å². The maximum Gasteiger partial charge on any atom is 0.242 e. The first kappa shape index (κ1) is 22.9. The van der Waals surface area contributed by atoms with Gasteiger partial charge in [-0.1, -0.05) is 62.7 Å². The van der Waals surface area contributed by atoms with Gasteiger partial charge < -0.3 is 10.2 Å². The van der Waals surface area contributed by atoms with Gasteiger partial charge in [0, 0.05) is 18.1 Å². The highest BCUT2D eigenvalue weighted by molar-refractivity contribution is 6.30. The number of carbonyl (C=O) groups excluding carboxylic acids is 2. The van der Waals surface area contributed by atoms with Crippen LogP contribution in [0.25, 0.3) is 0 Å². The number of hydrogen-bond acceptors (Lipinski definition) is 2. The predicted octanol–water partition coefficient (Wildman–Crippen LogP) is 4.60. The SMILES string of the molecule is CC[C@H](C(=O)NCC(C)C)N(Cc1ccc(Cl)cc1)C(=O)Cc1ccccc1F. The van der Waals surface area contributed by atoms with Gasteiger partial charge in [-0.05, 0) is 41.7 Å². The number of halogens is 2. The molecule has 0 spiro atoms. The summed E-state index contributed by atoms with van der Waals surface area (Å²) < 4.78 is 14.1. The minimum Gasteiger partial charge on any atom is -0.354 e. The van der Waals surface area contributed by atoms with Crippen LogP contribution >= 0.6 is 11.6 Å². The van der Waals surface area contributed by atoms with E-state index in [-0.39, 0.29) is 24.8 Å². The first-order valence-electron chi connectivity index (χ1n) is 9.86. The number of rotatable bonds is 9. The molecule has 0 aliphatic heterocycles. The second-order valence-corrected chi connectivity index (χ2v) is 7.92. The van der Waals surface area contributed by atoms with Crippen molar-refractivity contribution in [1.29, 1.82) is 0 Å². The third-order valence-electron chi connectivity index (χ3n) is 4.64. The summed E-state index contributed by atoms with van der Waals surface area (Å²) in [5.74, 6) is -0.617. The number of hydrogen-bond donors (Lipinski definition) is 1. The van der Waals surface area contributed by atoms with Crippen LogP contribution in [0.1, 0.15) is 38.3 Å². The number of nitrogens with one attached hydrogen (secondary N) is 1. The zero-order valence-corrected chi connectivity index (χ0v) is 17.9. The van der Waals surface area contributed by atoms with Gasteiger partial charge >= 0.3 is 0 Å². The smallest absolute Gasteiger partial charge is 0.242 e. The average Bonchev–Trinajstić information content (AvgIpc) is 2.69. The van der Waals surface area contributed by atoms with Crippen molar-refractivity contribution in [3.05, 3.63) is 70.5 Å². The minimum atomic E-state index is -0.635. The number of nitrogens with zero attached hydrogens (tertiary/aromatic N) is 1. The molecule has 0 fully saturated rings. The molecule has 0 heterocycles. The molecule has 0 saturated carbocycles. The van der Waals surface area contributed by atoms with Gasteiger partial charge in [-0.2, -0.15) is 0 Å². The van der Waals surface area contributed by atoms with Crippen LogP contribution in [0.2, 0.25) is 5.02 Å². The summed E-state index contributed by atoms with van der Waals surface area (Å²) in [5, 5.41) is 3.51. The molecule has 0 saturated heterocycles. The van der Waals surface area contributed by atoms with Crippen molar-refractivity contribution in [2.24, 2.45) is 5.92 Å². The van der Waals surface area contributed by atoms with E-state index in [0.717, 1.165) is 5.56 Å². The lowest BCUT2D eigenvalue weighted by Crippen LogP contribution is -2.50. The van der Waals surface area contributed by atoms with E-state index in [9.17, 15) is 14.0 Å². The van der Waals surface area contributed by atoms with Crippen molar-refractivity contribution in [1.82, 2.24) is 10.2 Å². The zero-order valence-electron chi connectivity index (χ0n) is 17.1. The van der Waals surface area contributed by atoms with E-state index in [0.29, 0.717) is 29.5 Å². The quantitative estimate of drug-likeness (QED) is 0.646. The first-order valence-corrected chi connectivity index (χ1v) is 10.2. The Labute approximate surface area is 177 Å². The summed E-state index contributed by atoms with van der Waals surface area (Å²) in [6.07, 6.45) is 0.356. The van der Waals surface area contributed by atoms with Gasteiger partial charge in [-0.15, -0.1) is 0 Å². The molecule has 0 aliphatic rings. The largest absolute Gasteiger partial charge is 0.354 e. The maximum atomic E-state index is 14.1. The van der Waals surface area contributed by atoms with Gasteiger partial charge in [0.15, 0.2) is 0 Å². The molecule has 29 heavy (non-hydrogen) atoms. The summed E-state index contributed by atoms with van der Waals surface area (Å²) in [5.41, 5.74) is 1.17. The topological polar surface area (TPSA) is 49.4 Å². The molecule has 4 nitrogen and oxygen atoms in total. The fraction of sp³-hybridized carbons (Fsp3) is 0.391. The van der Waals surface area contributed by atoms with Gasteiger partial charge in [0.1, 0.15) is 11.9 Å². The normalized spacial score (nSPS) is 11.9. The molecule has 1 N–H and O–H groups in total. The molecule has 0 bridgehead atoms. The van der Waals surface area contributed by atoms with Crippen LogP contribution in [-0.2, 0) is 22.6 Å². The van der Waals surface area contributed by atoms with E-state index >= 15 is 0 Å². The maximum absolute atomic E-state index is 14.1. The van der Waals surface area contributed by atoms with Crippen LogP contribution in [0, 0.1) is 11.7 Å². The number of amides is 2. The zero-order chi connectivity index (χ0) is 21.4. The Morgan fingerprint density at radius 3 is 2.34 bits per heavy atom. The third kappa shape index (κ3) is 6.86. The Hall–Kier alpha value is -2.40. The summed E-state index contributed by atoms with van der Waals surface area (Å²) in [4.78, 5) is 27.5. The molecule has 0 radical (unpaired) electrons. The van der Waals surface area contributed by atoms with Gasteiger partial charge in [-0.25, -0.2) is 4.39 Å². The van der Waals surface area contributed by atoms with Crippen LogP contribution in [0.4, 0.5) is 4.39 Å². The van der Waals surface area contributed by atoms with E-state index in [1.807, 2.05) is 32.9 Å². The van der Waals surface area contributed by atoms with Crippen molar-refractivity contribution < 1.29 is 14.0 Å². The molecule has 156 valence electrons. The fourth-order valence-electron chi connectivity index (χ4n) is 3.03. The fourth-order valence-corrected chi connectivity index (χ4v) is 3.16. The van der Waals surface area contributed by atoms with Gasteiger partial charge in [0.2, 0.25) is 11.8 Å². The second-order valence-electron chi connectivity index (χ2n) is 7.48. The lowest BCUT2D eigenvalue weighted by atomic mass is 10.1. The van der Waals surface area contributed by atoms with Crippen LogP contribution in [-0.4, -0.2) is 29.3 Å². The van der Waals surface area contributed by atoms with Gasteiger partial charge in [-0.3, -0.25) is 9.59 Å². The lowest BCUT2D eigenvalue weighted by molar-refractivity contribution is -0.141. The van der Waals surface area contributed by atoms with E-state index in [2.05, 4.69) is 5.32 Å². The van der Waals surface area contributed by atoms with Crippen LogP contribution in [0.15, 0.2) is 48.5 Å². The highest BCUT2D eigenvalue weighted by Crippen LogP contribution is 2.17. The van der Waals surface area contributed by atoms with Gasteiger partial charge in [0.05, 0.1) is 6.42 Å². The molecular weight excluding hydrogens is 391 g/mol. The summed E-state index contributed by atoms with van der Waals surface area (Å²) >= 11 is 5.96. The Morgan fingerprint density at radius 1 is 1.10 bits per heavy atom. The number of carbonyl (C=O) groups is 2. The van der Waals surface area contributed by atoms with Crippen molar-refractivity contribution in [3.8, 4) is 0 Å². The third-order valence-corrected chi connectivity index (χ3v) is 4.89. The minimum absolute atomic E-state index is 0.103. The molecule has 0 aromatic heterocycles. The number of benzene rings is 2. The standard InChI is InChI=1S/C23H28ClFN2O2/c1-4-21(23(29)26-14-16(2)3)27(15-17-9-11-19(24)12-10-17)22(28)13-18-7-5-6-8-20(18)25/h5-12,16,21H,4,13-15H2,1-3H3,(H,26,29)/t21-/m1/s1. The van der Waals surface area contributed by atoms with E-state index < -0.39 is 11.9 Å². The molecule has 6 heteroatoms. The van der Waals surface area contributed by atoms with Crippen molar-refractivity contribution in [3.63, 3.8) is 0 Å². The van der Waals surface area contributed by atoms with Crippen molar-refractivity contribution >= 4 is 23.4 Å². The second kappa shape index (κ2) is 11.0. The van der Waals surface area contributed by atoms with E-state index in [1.165, 1.54) is 11.0 Å².